The van der Waals surface area contributed by atoms with Crippen molar-refractivity contribution in [3.05, 3.63) is 23.3 Å². The molecule has 2 aliphatic heterocycles. The van der Waals surface area contributed by atoms with E-state index in [9.17, 15) is 9.59 Å². The number of alkyl halides is 1. The van der Waals surface area contributed by atoms with Gasteiger partial charge in [0.1, 0.15) is 17.7 Å². The maximum absolute atomic E-state index is 12.8. The molecule has 2 heterocycles. The van der Waals surface area contributed by atoms with E-state index in [0.29, 0.717) is 4.91 Å². The molecule has 1 saturated heterocycles. The minimum Gasteiger partial charge on any atom is -0.457 e. The van der Waals surface area contributed by atoms with Gasteiger partial charge >= 0.3 is 5.97 Å². The number of carbonyl (C=O) groups excluding carboxylic acids is 2. The van der Waals surface area contributed by atoms with Crippen molar-refractivity contribution in [2.75, 3.05) is 12.5 Å². The molecule has 2 rings (SSSR count). The Kier molecular flexibility index (Phi) is 6.37. The summed E-state index contributed by atoms with van der Waals surface area (Å²) in [5.74, 6) is -0.732. The van der Waals surface area contributed by atoms with Crippen LogP contribution in [0.1, 0.15) is 27.7 Å². The third-order valence-corrected chi connectivity index (χ3v) is 11.7. The second-order valence-electron chi connectivity index (χ2n) is 8.12. The van der Waals surface area contributed by atoms with Crippen LogP contribution in [0.2, 0.25) is 18.1 Å². The predicted octanol–water partition coefficient (Wildman–Crippen LogP) is 4.11. The van der Waals surface area contributed by atoms with Crippen molar-refractivity contribution in [3.63, 3.8) is 0 Å². The van der Waals surface area contributed by atoms with E-state index in [4.69, 9.17) is 20.8 Å². The molecule has 2 aliphatic rings. The van der Waals surface area contributed by atoms with Crippen molar-refractivity contribution in [1.29, 1.82) is 0 Å². The van der Waals surface area contributed by atoms with Gasteiger partial charge in [-0.15, -0.1) is 23.4 Å². The standard InChI is InChI=1S/C18H28ClNO4SSi/c1-8-9-23-17(22)14-12(10-19)25-16-13(15(21)20(14)16)11(2)24-26(6,7)18(3,4)5/h8,11,13,16H,1,9-10H2,2-7H3/t11-,13+,16-/m1/s1. The highest BCUT2D eigenvalue weighted by Crippen LogP contribution is 2.52. The number of halogens is 1. The molecule has 0 saturated carbocycles. The van der Waals surface area contributed by atoms with Crippen molar-refractivity contribution >= 4 is 43.6 Å². The monoisotopic (exact) mass is 417 g/mol. The van der Waals surface area contributed by atoms with Gasteiger partial charge in [0.2, 0.25) is 5.91 Å². The highest BCUT2D eigenvalue weighted by Gasteiger charge is 2.59. The SMILES string of the molecule is C=CCOC(=O)C1=C(CCl)S[C@@H]2[C@@H]([C@@H](C)O[Si](C)(C)C(C)(C)C)C(=O)N12. The van der Waals surface area contributed by atoms with E-state index in [1.165, 1.54) is 22.7 Å². The minimum atomic E-state index is -1.99. The van der Waals surface area contributed by atoms with Gasteiger partial charge in [0, 0.05) is 4.91 Å². The lowest BCUT2D eigenvalue weighted by molar-refractivity contribution is -0.157. The number of fused-ring (bicyclic) bond motifs is 1. The summed E-state index contributed by atoms with van der Waals surface area (Å²) in [6, 6.07) is 0. The smallest absolute Gasteiger partial charge is 0.356 e. The molecule has 0 bridgehead atoms. The number of β-lactam (4-membered cyclic amide) rings is 1. The van der Waals surface area contributed by atoms with Crippen LogP contribution in [0.3, 0.4) is 0 Å². The number of esters is 1. The fourth-order valence-electron chi connectivity index (χ4n) is 2.84. The number of hydrogen-bond donors (Lipinski definition) is 0. The fourth-order valence-corrected chi connectivity index (χ4v) is 6.04. The zero-order valence-corrected chi connectivity index (χ0v) is 18.9. The van der Waals surface area contributed by atoms with Crippen molar-refractivity contribution in [2.45, 2.75) is 57.3 Å². The number of ether oxygens (including phenoxy) is 1. The Hall–Kier alpha value is -0.763. The average Bonchev–Trinajstić information content (AvgIpc) is 2.85. The summed E-state index contributed by atoms with van der Waals surface area (Å²) in [5.41, 5.74) is 0.276. The fraction of sp³-hybridized carbons (Fsp3) is 0.667. The molecular formula is C18H28ClNO4SSi. The maximum atomic E-state index is 12.8. The molecule has 3 atom stereocenters. The molecule has 146 valence electrons. The van der Waals surface area contributed by atoms with Gasteiger partial charge in [-0.25, -0.2) is 4.79 Å². The summed E-state index contributed by atoms with van der Waals surface area (Å²) in [6.07, 6.45) is 1.28. The van der Waals surface area contributed by atoms with Crippen molar-refractivity contribution in [2.24, 2.45) is 5.92 Å². The van der Waals surface area contributed by atoms with Gasteiger partial charge in [0.15, 0.2) is 8.32 Å². The normalized spacial score (nSPS) is 24.3. The van der Waals surface area contributed by atoms with Gasteiger partial charge in [-0.1, -0.05) is 33.4 Å². The lowest BCUT2D eigenvalue weighted by Gasteiger charge is -2.48. The summed E-state index contributed by atoms with van der Waals surface area (Å²) in [7, 11) is -1.99. The molecule has 0 aliphatic carbocycles. The molecule has 5 nitrogen and oxygen atoms in total. The number of nitrogens with zero attached hydrogens (tertiary/aromatic N) is 1. The number of rotatable bonds is 7. The molecule has 0 unspecified atom stereocenters. The average molecular weight is 418 g/mol. The van der Waals surface area contributed by atoms with E-state index in [-0.39, 0.29) is 46.5 Å². The summed E-state index contributed by atoms with van der Waals surface area (Å²) < 4.78 is 11.5. The zero-order valence-electron chi connectivity index (χ0n) is 16.3. The molecule has 0 aromatic rings. The molecule has 26 heavy (non-hydrogen) atoms. The largest absolute Gasteiger partial charge is 0.457 e. The Labute approximate surface area is 166 Å². The second-order valence-corrected chi connectivity index (χ2v) is 14.4. The number of carbonyl (C=O) groups is 2. The maximum Gasteiger partial charge on any atom is 0.356 e. The minimum absolute atomic E-state index is 0.0652. The molecule has 0 radical (unpaired) electrons. The Balaban J connectivity index is 2.14. The van der Waals surface area contributed by atoms with E-state index in [1.54, 1.807) is 0 Å². The van der Waals surface area contributed by atoms with Crippen LogP contribution in [-0.2, 0) is 18.8 Å². The van der Waals surface area contributed by atoms with Crippen LogP contribution >= 0.6 is 23.4 Å². The first kappa shape index (κ1) is 21.5. The van der Waals surface area contributed by atoms with E-state index in [1.807, 2.05) is 6.92 Å². The van der Waals surface area contributed by atoms with Crippen LogP contribution in [0.15, 0.2) is 23.3 Å². The number of amides is 1. The Morgan fingerprint density at radius 3 is 2.58 bits per heavy atom. The van der Waals surface area contributed by atoms with Gasteiger partial charge in [0.25, 0.3) is 0 Å². The number of allylic oxidation sites excluding steroid dienone is 1. The summed E-state index contributed by atoms with van der Waals surface area (Å²) in [6.45, 7) is 16.5. The molecular weight excluding hydrogens is 390 g/mol. The quantitative estimate of drug-likeness (QED) is 0.205. The van der Waals surface area contributed by atoms with Gasteiger partial charge in [-0.2, -0.15) is 0 Å². The highest BCUT2D eigenvalue weighted by atomic mass is 35.5. The summed E-state index contributed by atoms with van der Waals surface area (Å²) >= 11 is 7.48. The summed E-state index contributed by atoms with van der Waals surface area (Å²) in [5, 5.41) is -0.0854. The van der Waals surface area contributed by atoms with Gasteiger partial charge in [0.05, 0.1) is 17.9 Å². The molecule has 1 fully saturated rings. The highest BCUT2D eigenvalue weighted by molar-refractivity contribution is 8.04. The Bertz CT molecular complexity index is 644. The molecule has 8 heteroatoms. The van der Waals surface area contributed by atoms with Crippen LogP contribution < -0.4 is 0 Å². The van der Waals surface area contributed by atoms with Crippen molar-refractivity contribution in [1.82, 2.24) is 4.90 Å². The van der Waals surface area contributed by atoms with E-state index in [2.05, 4.69) is 40.4 Å². The van der Waals surface area contributed by atoms with E-state index in [0.717, 1.165) is 0 Å². The first-order valence-corrected chi connectivity index (χ1v) is 13.0. The first-order chi connectivity index (χ1) is 12.0. The Morgan fingerprint density at radius 1 is 1.46 bits per heavy atom. The van der Waals surface area contributed by atoms with Gasteiger partial charge in [-0.3, -0.25) is 9.69 Å². The third-order valence-electron chi connectivity index (χ3n) is 5.29. The molecule has 0 aromatic heterocycles. The van der Waals surface area contributed by atoms with E-state index < -0.39 is 14.3 Å². The van der Waals surface area contributed by atoms with E-state index >= 15 is 0 Å². The molecule has 0 spiro atoms. The van der Waals surface area contributed by atoms with Crippen LogP contribution in [0.25, 0.3) is 0 Å². The van der Waals surface area contributed by atoms with Crippen molar-refractivity contribution in [3.8, 4) is 0 Å². The second kappa shape index (κ2) is 7.70. The summed E-state index contributed by atoms with van der Waals surface area (Å²) in [4.78, 5) is 27.3. The number of hydrogen-bond acceptors (Lipinski definition) is 5. The van der Waals surface area contributed by atoms with Crippen LogP contribution in [0.5, 0.6) is 0 Å². The van der Waals surface area contributed by atoms with Gasteiger partial charge in [-0.05, 0) is 25.1 Å². The Morgan fingerprint density at radius 2 is 2.08 bits per heavy atom. The lowest BCUT2D eigenvalue weighted by Crippen LogP contribution is -2.62. The lowest BCUT2D eigenvalue weighted by atomic mass is 9.92. The molecule has 0 N–H and O–H groups in total. The zero-order chi connectivity index (χ0) is 19.9. The topological polar surface area (TPSA) is 55.8 Å². The van der Waals surface area contributed by atoms with Crippen LogP contribution in [0.4, 0.5) is 0 Å². The van der Waals surface area contributed by atoms with Gasteiger partial charge < -0.3 is 9.16 Å². The molecule has 0 aromatic carbocycles. The number of thioether (sulfide) groups is 1. The first-order valence-electron chi connectivity index (χ1n) is 8.71. The van der Waals surface area contributed by atoms with Crippen LogP contribution in [-0.4, -0.2) is 49.1 Å². The van der Waals surface area contributed by atoms with Crippen molar-refractivity contribution < 1.29 is 18.8 Å². The predicted molar refractivity (Wildman–Crippen MR) is 108 cm³/mol. The van der Waals surface area contributed by atoms with Crippen LogP contribution in [0, 0.1) is 5.92 Å². The third kappa shape index (κ3) is 3.77. The molecule has 1 amide bonds.